The van der Waals surface area contributed by atoms with Crippen LogP contribution >= 0.6 is 0 Å². The average molecular weight is 453 g/mol. The number of carbonyl (C=O) groups excluding carboxylic acids is 1. The summed E-state index contributed by atoms with van der Waals surface area (Å²) in [5.41, 5.74) is 1.39. The molecule has 0 atom stereocenters. The highest BCUT2D eigenvalue weighted by Gasteiger charge is 2.29. The molecule has 0 fully saturated rings. The summed E-state index contributed by atoms with van der Waals surface area (Å²) >= 11 is 0. The van der Waals surface area contributed by atoms with Crippen molar-refractivity contribution >= 4 is 21.8 Å². The number of carbonyl (C=O) groups is 1. The summed E-state index contributed by atoms with van der Waals surface area (Å²) in [6.45, 7) is 0.490. The van der Waals surface area contributed by atoms with Gasteiger partial charge in [0.2, 0.25) is 5.91 Å². The van der Waals surface area contributed by atoms with Crippen LogP contribution in [0.5, 0.6) is 11.5 Å². The van der Waals surface area contributed by atoms with E-state index in [1.54, 1.807) is 42.5 Å². The molecule has 3 aromatic carbocycles. The second-order valence-corrected chi connectivity index (χ2v) is 8.71. The van der Waals surface area contributed by atoms with E-state index < -0.39 is 10.0 Å². The van der Waals surface area contributed by atoms with Crippen LogP contribution in [0.25, 0.3) is 0 Å². The maximum atomic E-state index is 13.0. The van der Waals surface area contributed by atoms with Gasteiger partial charge in [0.15, 0.2) is 0 Å². The number of ether oxygens (including phenoxy) is 1. The molecule has 0 spiro atoms. The normalized spacial score (nSPS) is 15.1. The Balaban J connectivity index is 1.26. The zero-order chi connectivity index (χ0) is 22.6. The first kappa shape index (κ1) is 21.5. The lowest BCUT2D eigenvalue weighted by molar-refractivity contribution is -0.121. The van der Waals surface area contributed by atoms with E-state index in [4.69, 9.17) is 4.74 Å². The average Bonchev–Trinajstić information content (AvgIpc) is 3.05. The number of benzene rings is 3. The number of amides is 1. The molecule has 0 aliphatic carbocycles. The number of hydrogen-bond donors (Lipinski definition) is 2. The first-order chi connectivity index (χ1) is 15.4. The number of nitrogens with zero attached hydrogens (tertiary/aromatic N) is 1. The second kappa shape index (κ2) is 9.19. The molecule has 9 heteroatoms. The molecule has 1 aliphatic rings. The van der Waals surface area contributed by atoms with E-state index in [9.17, 15) is 17.6 Å². The van der Waals surface area contributed by atoms with Gasteiger partial charge in [0.05, 0.1) is 11.4 Å². The summed E-state index contributed by atoms with van der Waals surface area (Å²) in [5, 5.41) is 2.81. The highest BCUT2D eigenvalue weighted by Crippen LogP contribution is 2.23. The SMILES string of the molecule is O=C(CCN=C1NS(=O)(=O)c2ccccc21)NCc1ccc(Oc2ccc(F)cc2)cc1. The van der Waals surface area contributed by atoms with E-state index in [2.05, 4.69) is 15.0 Å². The first-order valence-electron chi connectivity index (χ1n) is 9.86. The fourth-order valence-corrected chi connectivity index (χ4v) is 4.37. The van der Waals surface area contributed by atoms with Crippen molar-refractivity contribution in [3.8, 4) is 11.5 Å². The van der Waals surface area contributed by atoms with Gasteiger partial charge in [-0.1, -0.05) is 24.3 Å². The molecular formula is C23H20FN3O4S. The summed E-state index contributed by atoms with van der Waals surface area (Å²) in [6, 6.07) is 19.5. The lowest BCUT2D eigenvalue weighted by Gasteiger charge is -2.08. The van der Waals surface area contributed by atoms with Crippen molar-refractivity contribution in [3.63, 3.8) is 0 Å². The number of amidine groups is 1. The number of sulfonamides is 1. The van der Waals surface area contributed by atoms with Gasteiger partial charge in [0, 0.05) is 18.5 Å². The van der Waals surface area contributed by atoms with Crippen molar-refractivity contribution in [3.05, 3.63) is 89.7 Å². The number of fused-ring (bicyclic) bond motifs is 1. The van der Waals surface area contributed by atoms with Gasteiger partial charge in [0.25, 0.3) is 10.0 Å². The molecule has 1 heterocycles. The van der Waals surface area contributed by atoms with E-state index in [1.807, 2.05) is 12.1 Å². The summed E-state index contributed by atoms with van der Waals surface area (Å²) in [6.07, 6.45) is 0.124. The Kier molecular flexibility index (Phi) is 6.18. The fourth-order valence-electron chi connectivity index (χ4n) is 3.12. The molecule has 0 saturated heterocycles. The Morgan fingerprint density at radius 2 is 1.62 bits per heavy atom. The predicted molar refractivity (Wildman–Crippen MR) is 118 cm³/mol. The molecule has 1 amide bonds. The third kappa shape index (κ3) is 5.12. The van der Waals surface area contributed by atoms with Crippen LogP contribution in [0.2, 0.25) is 0 Å². The van der Waals surface area contributed by atoms with Gasteiger partial charge in [-0.05, 0) is 54.1 Å². The van der Waals surface area contributed by atoms with Crippen molar-refractivity contribution < 1.29 is 22.3 Å². The highest BCUT2D eigenvalue weighted by atomic mass is 32.2. The van der Waals surface area contributed by atoms with Crippen LogP contribution in [0, 0.1) is 5.82 Å². The maximum Gasteiger partial charge on any atom is 0.263 e. The van der Waals surface area contributed by atoms with Crippen molar-refractivity contribution in [1.29, 1.82) is 0 Å². The molecule has 164 valence electrons. The topological polar surface area (TPSA) is 96.9 Å². The molecular weight excluding hydrogens is 433 g/mol. The van der Waals surface area contributed by atoms with Crippen LogP contribution in [0.3, 0.4) is 0 Å². The molecule has 2 N–H and O–H groups in total. The third-order valence-electron chi connectivity index (χ3n) is 4.73. The standard InChI is InChI=1S/C23H20FN3O4S/c24-17-7-11-19(12-8-17)31-18-9-5-16(6-10-18)15-26-22(28)13-14-25-23-20-3-1-2-4-21(20)32(29,30)27-23/h1-12H,13-15H2,(H,25,27)(H,26,28). The quantitative estimate of drug-likeness (QED) is 0.573. The predicted octanol–water partition coefficient (Wildman–Crippen LogP) is 3.36. The van der Waals surface area contributed by atoms with Crippen LogP contribution in [0.4, 0.5) is 4.39 Å². The lowest BCUT2D eigenvalue weighted by Crippen LogP contribution is -2.25. The third-order valence-corrected chi connectivity index (χ3v) is 6.13. The van der Waals surface area contributed by atoms with E-state index in [-0.39, 0.29) is 35.4 Å². The largest absolute Gasteiger partial charge is 0.457 e. The minimum absolute atomic E-state index is 0.124. The Labute approximate surface area is 185 Å². The molecule has 4 rings (SSSR count). The smallest absolute Gasteiger partial charge is 0.263 e. The van der Waals surface area contributed by atoms with E-state index in [0.717, 1.165) is 5.56 Å². The zero-order valence-corrected chi connectivity index (χ0v) is 17.7. The van der Waals surface area contributed by atoms with E-state index in [1.165, 1.54) is 18.2 Å². The lowest BCUT2D eigenvalue weighted by atomic mass is 10.2. The maximum absolute atomic E-state index is 13.0. The van der Waals surface area contributed by atoms with Crippen LogP contribution in [0.1, 0.15) is 17.5 Å². The van der Waals surface area contributed by atoms with Crippen molar-refractivity contribution in [2.75, 3.05) is 6.54 Å². The summed E-state index contributed by atoms with van der Waals surface area (Å²) in [5.74, 6) is 0.854. The van der Waals surface area contributed by atoms with Gasteiger partial charge in [-0.3, -0.25) is 14.5 Å². The van der Waals surface area contributed by atoms with Crippen LogP contribution in [-0.4, -0.2) is 26.7 Å². The summed E-state index contributed by atoms with van der Waals surface area (Å²) < 4.78 is 45.1. The monoisotopic (exact) mass is 453 g/mol. The zero-order valence-electron chi connectivity index (χ0n) is 16.9. The molecule has 1 aliphatic heterocycles. The minimum atomic E-state index is -3.59. The number of nitrogens with one attached hydrogen (secondary N) is 2. The highest BCUT2D eigenvalue weighted by molar-refractivity contribution is 7.90. The van der Waals surface area contributed by atoms with Crippen LogP contribution in [-0.2, 0) is 21.4 Å². The Morgan fingerprint density at radius 3 is 2.34 bits per heavy atom. The summed E-state index contributed by atoms with van der Waals surface area (Å²) in [4.78, 5) is 16.6. The number of rotatable bonds is 7. The van der Waals surface area contributed by atoms with E-state index in [0.29, 0.717) is 23.6 Å². The second-order valence-electron chi connectivity index (χ2n) is 7.06. The van der Waals surface area contributed by atoms with Gasteiger partial charge in [-0.15, -0.1) is 0 Å². The van der Waals surface area contributed by atoms with Crippen LogP contribution in [0.15, 0.2) is 82.7 Å². The number of halogens is 1. The molecule has 0 aromatic heterocycles. The molecule has 7 nitrogen and oxygen atoms in total. The number of hydrogen-bond acceptors (Lipinski definition) is 5. The molecule has 3 aromatic rings. The molecule has 0 radical (unpaired) electrons. The molecule has 0 saturated carbocycles. The Morgan fingerprint density at radius 1 is 0.969 bits per heavy atom. The van der Waals surface area contributed by atoms with Crippen molar-refractivity contribution in [2.24, 2.45) is 4.99 Å². The van der Waals surface area contributed by atoms with Crippen molar-refractivity contribution in [2.45, 2.75) is 17.9 Å². The van der Waals surface area contributed by atoms with Gasteiger partial charge < -0.3 is 10.1 Å². The van der Waals surface area contributed by atoms with Crippen molar-refractivity contribution in [1.82, 2.24) is 10.0 Å². The fraction of sp³-hybridized carbons (Fsp3) is 0.130. The van der Waals surface area contributed by atoms with Gasteiger partial charge in [0.1, 0.15) is 23.2 Å². The molecule has 0 bridgehead atoms. The van der Waals surface area contributed by atoms with Gasteiger partial charge in [-0.2, -0.15) is 0 Å². The van der Waals surface area contributed by atoms with E-state index >= 15 is 0 Å². The minimum Gasteiger partial charge on any atom is -0.457 e. The van der Waals surface area contributed by atoms with Gasteiger partial charge >= 0.3 is 0 Å². The molecule has 0 unspecified atom stereocenters. The first-order valence-corrected chi connectivity index (χ1v) is 11.3. The number of aliphatic imine (C=N–C) groups is 1. The Hall–Kier alpha value is -3.72. The summed E-state index contributed by atoms with van der Waals surface area (Å²) in [7, 11) is -3.59. The Bertz CT molecular complexity index is 1260. The van der Waals surface area contributed by atoms with Gasteiger partial charge in [-0.25, -0.2) is 12.8 Å². The molecule has 32 heavy (non-hydrogen) atoms. The van der Waals surface area contributed by atoms with Crippen LogP contribution < -0.4 is 14.8 Å².